The fraction of sp³-hybridized carbons (Fsp3) is 0.619. The molecule has 2 atom stereocenters. The summed E-state index contributed by atoms with van der Waals surface area (Å²) < 4.78 is 0. The quantitative estimate of drug-likeness (QED) is 0.265. The van der Waals surface area contributed by atoms with Crippen LogP contribution in [0.4, 0.5) is 0 Å². The van der Waals surface area contributed by atoms with Gasteiger partial charge >= 0.3 is 0 Å². The largest absolute Gasteiger partial charge is 0.504 e. The second-order valence-electron chi connectivity index (χ2n) is 7.16. The molecule has 0 saturated carbocycles. The van der Waals surface area contributed by atoms with Crippen LogP contribution in [0.3, 0.4) is 0 Å². The molecule has 0 saturated heterocycles. The van der Waals surface area contributed by atoms with Gasteiger partial charge in [0, 0.05) is 12.0 Å². The first-order chi connectivity index (χ1) is 11.8. The average molecular weight is 348 g/mol. The number of carbonyl (C=O) groups excluding carboxylic acids is 2. The summed E-state index contributed by atoms with van der Waals surface area (Å²) in [5.74, 6) is -1.23. The Balaban J connectivity index is 2.97. The molecule has 0 aromatic heterocycles. The first-order valence-corrected chi connectivity index (χ1v) is 9.23. The van der Waals surface area contributed by atoms with Gasteiger partial charge in [0.25, 0.3) is 0 Å². The van der Waals surface area contributed by atoms with E-state index in [0.29, 0.717) is 12.8 Å². The van der Waals surface area contributed by atoms with Crippen molar-refractivity contribution >= 4 is 11.6 Å². The van der Waals surface area contributed by atoms with Crippen LogP contribution in [-0.2, 0) is 9.59 Å². The molecule has 4 heteroatoms. The van der Waals surface area contributed by atoms with Crippen LogP contribution < -0.4 is 0 Å². The zero-order valence-corrected chi connectivity index (χ0v) is 15.8. The van der Waals surface area contributed by atoms with Gasteiger partial charge in [-0.15, -0.1) is 0 Å². The summed E-state index contributed by atoms with van der Waals surface area (Å²) in [5.41, 5.74) is 2.36. The minimum Gasteiger partial charge on any atom is -0.504 e. The van der Waals surface area contributed by atoms with Crippen molar-refractivity contribution in [3.63, 3.8) is 0 Å². The number of hydrogen-bond donors (Lipinski definition) is 2. The van der Waals surface area contributed by atoms with Crippen molar-refractivity contribution in [2.75, 3.05) is 6.61 Å². The Morgan fingerprint density at radius 1 is 1.28 bits per heavy atom. The first kappa shape index (κ1) is 21.4. The van der Waals surface area contributed by atoms with Gasteiger partial charge in [-0.2, -0.15) is 0 Å². The highest BCUT2D eigenvalue weighted by Gasteiger charge is 2.28. The van der Waals surface area contributed by atoms with E-state index >= 15 is 0 Å². The van der Waals surface area contributed by atoms with E-state index in [-0.39, 0.29) is 23.8 Å². The predicted molar refractivity (Wildman–Crippen MR) is 100 cm³/mol. The lowest BCUT2D eigenvalue weighted by Gasteiger charge is -2.29. The summed E-state index contributed by atoms with van der Waals surface area (Å²) in [5, 5.41) is 19.5. The van der Waals surface area contributed by atoms with E-state index in [1.165, 1.54) is 5.57 Å². The number of ketones is 2. The van der Waals surface area contributed by atoms with Crippen LogP contribution >= 0.6 is 0 Å². The number of hydrogen-bond acceptors (Lipinski definition) is 4. The summed E-state index contributed by atoms with van der Waals surface area (Å²) >= 11 is 0. The number of rotatable bonds is 10. The Morgan fingerprint density at radius 2 is 1.96 bits per heavy atom. The summed E-state index contributed by atoms with van der Waals surface area (Å²) in [6, 6.07) is 0. The molecule has 0 fully saturated rings. The van der Waals surface area contributed by atoms with Crippen molar-refractivity contribution in [2.45, 2.75) is 65.7 Å². The monoisotopic (exact) mass is 348 g/mol. The molecular weight excluding hydrogens is 316 g/mol. The maximum atomic E-state index is 12.6. The van der Waals surface area contributed by atoms with Crippen molar-refractivity contribution in [2.24, 2.45) is 11.8 Å². The molecule has 0 radical (unpaired) electrons. The van der Waals surface area contributed by atoms with Crippen LogP contribution in [0.15, 0.2) is 35.1 Å². The fourth-order valence-electron chi connectivity index (χ4n) is 3.49. The normalized spacial score (nSPS) is 21.4. The molecule has 1 unspecified atom stereocenters. The first-order valence-electron chi connectivity index (χ1n) is 9.23. The van der Waals surface area contributed by atoms with E-state index < -0.39 is 23.9 Å². The Kier molecular flexibility index (Phi) is 8.84. The number of aliphatic hydroxyl groups excluding tert-OH is 2. The molecular formula is C21H32O4. The van der Waals surface area contributed by atoms with Crippen LogP contribution in [-0.4, -0.2) is 28.4 Å². The minimum atomic E-state index is -0.685. The third-order valence-corrected chi connectivity index (χ3v) is 4.98. The van der Waals surface area contributed by atoms with Gasteiger partial charge in [-0.3, -0.25) is 9.59 Å². The molecule has 140 valence electrons. The molecule has 0 amide bonds. The number of aliphatic hydroxyl groups is 2. The lowest BCUT2D eigenvalue weighted by atomic mass is 9.75. The minimum absolute atomic E-state index is 0.00187. The van der Waals surface area contributed by atoms with Gasteiger partial charge in [-0.25, -0.2) is 0 Å². The van der Waals surface area contributed by atoms with Gasteiger partial charge in [0.2, 0.25) is 0 Å². The van der Waals surface area contributed by atoms with Crippen LogP contribution in [0.2, 0.25) is 0 Å². The molecule has 4 nitrogen and oxygen atoms in total. The summed E-state index contributed by atoms with van der Waals surface area (Å²) in [6.45, 7) is 9.40. The molecule has 1 aliphatic rings. The Hall–Kier alpha value is -1.68. The second kappa shape index (κ2) is 10.3. The second-order valence-corrected chi connectivity index (χ2v) is 7.16. The standard InChI is InChI=1S/C21H32O4/c1-5-6-7-8-18(20(24)13-22)21(25)19(23)12-16-11-15(4)9-10-17(16)14(2)3/h11,16-17,22,25H,2,5-10,12-13H2,1,3-4H3/b21-18+/t16-,17?/m0/s1. The highest BCUT2D eigenvalue weighted by atomic mass is 16.3. The van der Waals surface area contributed by atoms with Gasteiger partial charge in [0.15, 0.2) is 17.3 Å². The molecule has 1 rings (SSSR count). The molecule has 0 heterocycles. The van der Waals surface area contributed by atoms with Crippen molar-refractivity contribution in [1.29, 1.82) is 0 Å². The van der Waals surface area contributed by atoms with Gasteiger partial charge in [-0.1, -0.05) is 43.6 Å². The summed E-state index contributed by atoms with van der Waals surface area (Å²) in [7, 11) is 0. The maximum absolute atomic E-state index is 12.6. The number of unbranched alkanes of at least 4 members (excludes halogenated alkanes) is 2. The van der Waals surface area contributed by atoms with E-state index in [9.17, 15) is 14.7 Å². The predicted octanol–water partition coefficient (Wildman–Crippen LogP) is 4.45. The Labute approximate surface area is 151 Å². The zero-order valence-electron chi connectivity index (χ0n) is 15.8. The summed E-state index contributed by atoms with van der Waals surface area (Å²) in [4.78, 5) is 24.5. The number of allylic oxidation sites excluding steroid dienone is 4. The average Bonchev–Trinajstić information content (AvgIpc) is 2.57. The Morgan fingerprint density at radius 3 is 2.52 bits per heavy atom. The van der Waals surface area contributed by atoms with Gasteiger partial charge in [-0.05, 0) is 51.4 Å². The van der Waals surface area contributed by atoms with Crippen LogP contribution in [0.1, 0.15) is 65.7 Å². The number of carbonyl (C=O) groups is 2. The van der Waals surface area contributed by atoms with Crippen molar-refractivity contribution in [1.82, 2.24) is 0 Å². The van der Waals surface area contributed by atoms with Crippen molar-refractivity contribution < 1.29 is 19.8 Å². The van der Waals surface area contributed by atoms with E-state index in [2.05, 4.69) is 12.7 Å². The Bertz CT molecular complexity index is 568. The van der Waals surface area contributed by atoms with Gasteiger partial charge < -0.3 is 10.2 Å². The lowest BCUT2D eigenvalue weighted by Crippen LogP contribution is -2.23. The molecule has 2 N–H and O–H groups in total. The van der Waals surface area contributed by atoms with Crippen LogP contribution in [0, 0.1) is 11.8 Å². The zero-order chi connectivity index (χ0) is 19.0. The van der Waals surface area contributed by atoms with E-state index in [1.807, 2.05) is 20.8 Å². The molecule has 1 aliphatic carbocycles. The lowest BCUT2D eigenvalue weighted by molar-refractivity contribution is -0.121. The third kappa shape index (κ3) is 6.28. The summed E-state index contributed by atoms with van der Waals surface area (Å²) in [6.07, 6.45) is 7.14. The van der Waals surface area contributed by atoms with E-state index in [1.54, 1.807) is 0 Å². The topological polar surface area (TPSA) is 74.6 Å². The van der Waals surface area contributed by atoms with Crippen molar-refractivity contribution in [3.8, 4) is 0 Å². The fourth-order valence-corrected chi connectivity index (χ4v) is 3.49. The van der Waals surface area contributed by atoms with Gasteiger partial charge in [0.1, 0.15) is 6.61 Å². The van der Waals surface area contributed by atoms with Crippen molar-refractivity contribution in [3.05, 3.63) is 35.1 Å². The molecule has 0 bridgehead atoms. The number of Topliss-reactive ketones (excluding diaryl/α,β-unsaturated/α-hetero) is 2. The van der Waals surface area contributed by atoms with E-state index in [0.717, 1.165) is 31.3 Å². The van der Waals surface area contributed by atoms with Crippen LogP contribution in [0.25, 0.3) is 0 Å². The molecule has 0 spiro atoms. The third-order valence-electron chi connectivity index (χ3n) is 4.98. The van der Waals surface area contributed by atoms with Crippen LogP contribution in [0.5, 0.6) is 0 Å². The molecule has 0 aromatic rings. The molecule has 0 aromatic carbocycles. The SMILES string of the molecule is C=C(C)C1CCC(C)=C[C@H]1CC(=O)/C(O)=C(/CCCCC)C(=O)CO. The highest BCUT2D eigenvalue weighted by Crippen LogP contribution is 2.35. The maximum Gasteiger partial charge on any atom is 0.198 e. The van der Waals surface area contributed by atoms with Gasteiger partial charge in [0.05, 0.1) is 0 Å². The smallest absolute Gasteiger partial charge is 0.198 e. The highest BCUT2D eigenvalue weighted by molar-refractivity contribution is 6.05. The molecule has 25 heavy (non-hydrogen) atoms. The molecule has 0 aliphatic heterocycles. The van der Waals surface area contributed by atoms with E-state index in [4.69, 9.17) is 5.11 Å².